The Morgan fingerprint density at radius 1 is 1.08 bits per heavy atom. The largest absolute Gasteiger partial charge is 0.294 e. The van der Waals surface area contributed by atoms with Crippen molar-refractivity contribution in [3.63, 3.8) is 0 Å². The van der Waals surface area contributed by atoms with E-state index in [1.165, 1.54) is 5.56 Å². The molecule has 1 aliphatic rings. The van der Waals surface area contributed by atoms with Crippen LogP contribution in [-0.2, 0) is 22.2 Å². The normalized spacial score (nSPS) is 16.6. The van der Waals surface area contributed by atoms with Crippen molar-refractivity contribution in [2.45, 2.75) is 44.0 Å². The third-order valence-corrected chi connectivity index (χ3v) is 5.70. The summed E-state index contributed by atoms with van der Waals surface area (Å²) in [6.45, 7) is 4.11. The number of aryl methyl sites for hydroxylation is 2. The number of hydrogen-bond donors (Lipinski definition) is 1. The fourth-order valence-electron chi connectivity index (χ4n) is 2.99. The molecular weight excluding hydrogens is 330 g/mol. The van der Waals surface area contributed by atoms with Crippen molar-refractivity contribution in [2.75, 3.05) is 0 Å². The highest BCUT2D eigenvalue weighted by Gasteiger charge is 2.27. The molecule has 25 heavy (non-hydrogen) atoms. The minimum atomic E-state index is -1.38. The molecule has 0 bridgehead atoms. The van der Waals surface area contributed by atoms with Crippen LogP contribution in [0.3, 0.4) is 0 Å². The summed E-state index contributed by atoms with van der Waals surface area (Å²) >= 11 is 0. The molecule has 0 radical (unpaired) electrons. The average molecular weight is 353 g/mol. The molecule has 1 aliphatic carbocycles. The second kappa shape index (κ2) is 7.89. The van der Waals surface area contributed by atoms with E-state index in [0.717, 1.165) is 29.5 Å². The van der Waals surface area contributed by atoms with Gasteiger partial charge in [-0.1, -0.05) is 55.0 Å². The summed E-state index contributed by atoms with van der Waals surface area (Å²) < 4.78 is 15.9. The number of benzene rings is 2. The van der Waals surface area contributed by atoms with Crippen molar-refractivity contribution < 1.29 is 9.00 Å². The van der Waals surface area contributed by atoms with Gasteiger partial charge in [-0.15, -0.1) is 0 Å². The molecule has 0 amide bonds. The van der Waals surface area contributed by atoms with Crippen LogP contribution in [0.4, 0.5) is 0 Å². The molecule has 1 N–H and O–H groups in total. The van der Waals surface area contributed by atoms with Gasteiger partial charge in [-0.2, -0.15) is 0 Å². The van der Waals surface area contributed by atoms with Crippen LogP contribution in [0.15, 0.2) is 65.1 Å². The third kappa shape index (κ3) is 4.14. The number of rotatable bonds is 6. The van der Waals surface area contributed by atoms with Crippen LogP contribution in [0, 0.1) is 6.92 Å². The standard InChI is InChI=1S/C21H23NO2S/c1-3-16-9-11-17(12-10-16)21(19-5-4-6-20(19)23)22-25(24)18-13-7-15(2)8-14-18/h5,7-14,21-22H,3-4,6H2,1-2H3/t21-,25?/m1/s1. The second-order valence-corrected chi connectivity index (χ2v) is 7.59. The molecule has 0 aromatic heterocycles. The molecule has 2 atom stereocenters. The van der Waals surface area contributed by atoms with Crippen LogP contribution in [0.2, 0.25) is 0 Å². The Morgan fingerprint density at radius 2 is 1.76 bits per heavy atom. The van der Waals surface area contributed by atoms with Crippen LogP contribution in [-0.4, -0.2) is 9.99 Å². The minimum Gasteiger partial charge on any atom is -0.294 e. The Balaban J connectivity index is 1.89. The van der Waals surface area contributed by atoms with Crippen LogP contribution in [0.25, 0.3) is 0 Å². The lowest BCUT2D eigenvalue weighted by Gasteiger charge is -2.20. The maximum atomic E-state index is 12.8. The van der Waals surface area contributed by atoms with Gasteiger partial charge < -0.3 is 0 Å². The predicted molar refractivity (Wildman–Crippen MR) is 102 cm³/mol. The number of carbonyl (C=O) groups is 1. The van der Waals surface area contributed by atoms with E-state index in [4.69, 9.17) is 0 Å². The Morgan fingerprint density at radius 3 is 2.32 bits per heavy atom. The van der Waals surface area contributed by atoms with Crippen molar-refractivity contribution in [3.8, 4) is 0 Å². The highest BCUT2D eigenvalue weighted by atomic mass is 32.2. The predicted octanol–water partition coefficient (Wildman–Crippen LogP) is 4.20. The lowest BCUT2D eigenvalue weighted by molar-refractivity contribution is -0.115. The number of carbonyl (C=O) groups excluding carboxylic acids is 1. The van der Waals surface area contributed by atoms with Gasteiger partial charge in [0.05, 0.1) is 10.9 Å². The average Bonchev–Trinajstić information content (AvgIpc) is 3.06. The van der Waals surface area contributed by atoms with Crippen LogP contribution >= 0.6 is 0 Å². The Labute approximate surface area is 151 Å². The summed E-state index contributed by atoms with van der Waals surface area (Å²) in [5.41, 5.74) is 4.07. The molecule has 3 nitrogen and oxygen atoms in total. The van der Waals surface area contributed by atoms with Gasteiger partial charge in [0, 0.05) is 12.0 Å². The molecular formula is C21H23NO2S. The first-order chi connectivity index (χ1) is 12.1. The van der Waals surface area contributed by atoms with E-state index in [1.807, 2.05) is 49.4 Å². The van der Waals surface area contributed by atoms with E-state index in [2.05, 4.69) is 23.8 Å². The summed E-state index contributed by atoms with van der Waals surface area (Å²) in [5, 5.41) is 0. The summed E-state index contributed by atoms with van der Waals surface area (Å²) in [5.74, 6) is 0.137. The third-order valence-electron chi connectivity index (χ3n) is 4.55. The second-order valence-electron chi connectivity index (χ2n) is 6.35. The molecule has 0 saturated heterocycles. The van der Waals surface area contributed by atoms with Gasteiger partial charge >= 0.3 is 0 Å². The van der Waals surface area contributed by atoms with E-state index in [1.54, 1.807) is 0 Å². The van der Waals surface area contributed by atoms with Crippen molar-refractivity contribution in [1.29, 1.82) is 0 Å². The molecule has 0 spiro atoms. The van der Waals surface area contributed by atoms with Crippen molar-refractivity contribution in [3.05, 3.63) is 76.9 Å². The minimum absolute atomic E-state index is 0.137. The van der Waals surface area contributed by atoms with Gasteiger partial charge in [0.2, 0.25) is 0 Å². The van der Waals surface area contributed by atoms with Crippen LogP contribution in [0.5, 0.6) is 0 Å². The maximum Gasteiger partial charge on any atom is 0.160 e. The summed E-state index contributed by atoms with van der Waals surface area (Å²) in [6.07, 6.45) is 4.24. The van der Waals surface area contributed by atoms with Crippen molar-refractivity contribution in [1.82, 2.24) is 4.72 Å². The molecule has 0 saturated carbocycles. The Hall–Kier alpha value is -2.04. The summed E-state index contributed by atoms with van der Waals surface area (Å²) in [4.78, 5) is 13.0. The fraction of sp³-hybridized carbons (Fsp3) is 0.286. The fourth-order valence-corrected chi connectivity index (χ4v) is 3.99. The molecule has 4 heteroatoms. The highest BCUT2D eigenvalue weighted by Crippen LogP contribution is 2.29. The first-order valence-corrected chi connectivity index (χ1v) is 9.80. The van der Waals surface area contributed by atoms with Crippen molar-refractivity contribution in [2.24, 2.45) is 0 Å². The maximum absolute atomic E-state index is 12.8. The van der Waals surface area contributed by atoms with E-state index in [9.17, 15) is 9.00 Å². The SMILES string of the molecule is CCc1ccc([C@@H](NS(=O)c2ccc(C)cc2)C2=CCCC2=O)cc1. The zero-order valence-corrected chi connectivity index (χ0v) is 15.4. The smallest absolute Gasteiger partial charge is 0.160 e. The molecule has 2 aromatic rings. The summed E-state index contributed by atoms with van der Waals surface area (Å²) in [6, 6.07) is 15.5. The zero-order valence-electron chi connectivity index (χ0n) is 14.6. The lowest BCUT2D eigenvalue weighted by Crippen LogP contribution is -2.27. The van der Waals surface area contributed by atoms with Gasteiger partial charge in [0.1, 0.15) is 11.0 Å². The van der Waals surface area contributed by atoms with Crippen LogP contribution < -0.4 is 4.72 Å². The first-order valence-electron chi connectivity index (χ1n) is 8.65. The van der Waals surface area contributed by atoms with Gasteiger partial charge in [-0.25, -0.2) is 8.93 Å². The van der Waals surface area contributed by atoms with Gasteiger partial charge in [-0.3, -0.25) is 4.79 Å². The molecule has 0 aliphatic heterocycles. The summed E-state index contributed by atoms with van der Waals surface area (Å²) in [7, 11) is -1.38. The molecule has 3 rings (SSSR count). The first kappa shape index (κ1) is 17.8. The van der Waals surface area contributed by atoms with E-state index < -0.39 is 11.0 Å². The quantitative estimate of drug-likeness (QED) is 0.846. The van der Waals surface area contributed by atoms with Crippen molar-refractivity contribution >= 4 is 16.8 Å². The topological polar surface area (TPSA) is 46.2 Å². The van der Waals surface area contributed by atoms with E-state index in [-0.39, 0.29) is 11.8 Å². The molecule has 1 unspecified atom stereocenters. The number of allylic oxidation sites excluding steroid dienone is 1. The van der Waals surface area contributed by atoms with Gasteiger partial charge in [0.15, 0.2) is 5.78 Å². The molecule has 2 aromatic carbocycles. The number of nitrogens with one attached hydrogen (secondary N) is 1. The molecule has 0 heterocycles. The number of ketones is 1. The lowest BCUT2D eigenvalue weighted by atomic mass is 9.97. The molecule has 0 fully saturated rings. The van der Waals surface area contributed by atoms with Gasteiger partial charge in [-0.05, 0) is 43.0 Å². The highest BCUT2D eigenvalue weighted by molar-refractivity contribution is 7.83. The number of Topliss-reactive ketones (excluding diaryl/α,β-unsaturated/α-hetero) is 1. The monoisotopic (exact) mass is 353 g/mol. The zero-order chi connectivity index (χ0) is 17.8. The van der Waals surface area contributed by atoms with Gasteiger partial charge in [0.25, 0.3) is 0 Å². The molecule has 130 valence electrons. The van der Waals surface area contributed by atoms with E-state index >= 15 is 0 Å². The Kier molecular flexibility index (Phi) is 5.61. The number of hydrogen-bond acceptors (Lipinski definition) is 2. The van der Waals surface area contributed by atoms with E-state index in [0.29, 0.717) is 11.3 Å². The Bertz CT molecular complexity index is 807. The van der Waals surface area contributed by atoms with Crippen LogP contribution in [0.1, 0.15) is 42.5 Å².